The molecule has 1 aliphatic heterocycles. The quantitative estimate of drug-likeness (QED) is 0.792. The van der Waals surface area contributed by atoms with Crippen molar-refractivity contribution in [1.29, 1.82) is 0 Å². The van der Waals surface area contributed by atoms with E-state index in [0.717, 1.165) is 18.5 Å². The Labute approximate surface area is 94.7 Å². The molecule has 1 unspecified atom stereocenters. The number of rotatable bonds is 3. The number of benzene rings is 1. The Hall–Kier alpha value is -1.39. The monoisotopic (exact) mass is 220 g/mol. The van der Waals surface area contributed by atoms with Gasteiger partial charge in [-0.1, -0.05) is 30.3 Å². The highest BCUT2D eigenvalue weighted by atomic mass is 16.4. The van der Waals surface area contributed by atoms with Crippen LogP contribution >= 0.6 is 0 Å². The topological polar surface area (TPSA) is 66.6 Å². The molecule has 1 aromatic carbocycles. The molecular weight excluding hydrogens is 204 g/mol. The summed E-state index contributed by atoms with van der Waals surface area (Å²) in [5.41, 5.74) is 6.63. The van der Waals surface area contributed by atoms with Crippen molar-refractivity contribution in [2.45, 2.75) is 18.5 Å². The van der Waals surface area contributed by atoms with Gasteiger partial charge < -0.3 is 10.8 Å². The van der Waals surface area contributed by atoms with Crippen LogP contribution in [-0.4, -0.2) is 35.1 Å². The van der Waals surface area contributed by atoms with E-state index in [-0.39, 0.29) is 6.04 Å². The molecule has 0 aliphatic carbocycles. The summed E-state index contributed by atoms with van der Waals surface area (Å²) in [6, 6.07) is 8.85. The van der Waals surface area contributed by atoms with Gasteiger partial charge in [-0.2, -0.15) is 0 Å². The highest BCUT2D eigenvalue weighted by Crippen LogP contribution is 2.24. The van der Waals surface area contributed by atoms with Gasteiger partial charge in [-0.3, -0.25) is 9.69 Å². The molecule has 1 aromatic rings. The van der Waals surface area contributed by atoms with Crippen molar-refractivity contribution >= 4 is 5.97 Å². The van der Waals surface area contributed by atoms with Gasteiger partial charge in [0.15, 0.2) is 0 Å². The lowest BCUT2D eigenvalue weighted by molar-refractivity contribution is -0.143. The number of likely N-dealkylation sites (tertiary alicyclic amines) is 1. The maximum atomic E-state index is 11.3. The van der Waals surface area contributed by atoms with E-state index < -0.39 is 12.0 Å². The first-order valence-corrected chi connectivity index (χ1v) is 5.46. The van der Waals surface area contributed by atoms with Crippen molar-refractivity contribution in [3.8, 4) is 0 Å². The molecule has 0 saturated carbocycles. The van der Waals surface area contributed by atoms with Gasteiger partial charge in [0.1, 0.15) is 6.04 Å². The fourth-order valence-corrected chi connectivity index (χ4v) is 2.19. The smallest absolute Gasteiger partial charge is 0.325 e. The van der Waals surface area contributed by atoms with Crippen LogP contribution in [-0.2, 0) is 4.79 Å². The normalized spacial score (nSPS) is 23.2. The second-order valence-electron chi connectivity index (χ2n) is 4.20. The summed E-state index contributed by atoms with van der Waals surface area (Å²) in [5.74, 6) is -0.805. The molecule has 1 saturated heterocycles. The molecule has 3 N–H and O–H groups in total. The standard InChI is InChI=1S/C12H16N2O2/c13-10-6-7-14(8-10)11(12(15)16)9-4-2-1-3-5-9/h1-5,10-11H,6-8,13H2,(H,15,16)/t10-,11?/m1/s1. The van der Waals surface area contributed by atoms with E-state index in [9.17, 15) is 9.90 Å². The average molecular weight is 220 g/mol. The highest BCUT2D eigenvalue weighted by molar-refractivity contribution is 5.75. The SMILES string of the molecule is N[C@@H]1CCN(C(C(=O)O)c2ccccc2)C1. The first kappa shape index (κ1) is 11.1. The summed E-state index contributed by atoms with van der Waals surface area (Å²) in [4.78, 5) is 13.2. The predicted molar refractivity (Wildman–Crippen MR) is 61.0 cm³/mol. The molecule has 4 nitrogen and oxygen atoms in total. The first-order chi connectivity index (χ1) is 7.68. The summed E-state index contributed by atoms with van der Waals surface area (Å²) in [7, 11) is 0. The van der Waals surface area contributed by atoms with Crippen LogP contribution in [0.15, 0.2) is 30.3 Å². The lowest BCUT2D eigenvalue weighted by atomic mass is 10.1. The minimum atomic E-state index is -0.805. The van der Waals surface area contributed by atoms with Crippen LogP contribution in [0.5, 0.6) is 0 Å². The maximum absolute atomic E-state index is 11.3. The Morgan fingerprint density at radius 2 is 2.12 bits per heavy atom. The molecule has 2 atom stereocenters. The van der Waals surface area contributed by atoms with Crippen molar-refractivity contribution in [2.24, 2.45) is 5.73 Å². The maximum Gasteiger partial charge on any atom is 0.325 e. The van der Waals surface area contributed by atoms with E-state index in [0.29, 0.717) is 6.54 Å². The van der Waals surface area contributed by atoms with Crippen molar-refractivity contribution in [3.05, 3.63) is 35.9 Å². The summed E-state index contributed by atoms with van der Waals surface area (Å²) >= 11 is 0. The van der Waals surface area contributed by atoms with Gasteiger partial charge in [0, 0.05) is 19.1 Å². The first-order valence-electron chi connectivity index (χ1n) is 5.46. The van der Waals surface area contributed by atoms with E-state index in [2.05, 4.69) is 0 Å². The molecule has 0 aromatic heterocycles. The Bertz CT molecular complexity index is 367. The van der Waals surface area contributed by atoms with Gasteiger partial charge in [-0.25, -0.2) is 0 Å². The van der Waals surface area contributed by atoms with E-state index in [4.69, 9.17) is 5.73 Å². The van der Waals surface area contributed by atoms with E-state index in [1.807, 2.05) is 35.2 Å². The Morgan fingerprint density at radius 1 is 1.44 bits per heavy atom. The van der Waals surface area contributed by atoms with Crippen LogP contribution in [0.2, 0.25) is 0 Å². The van der Waals surface area contributed by atoms with Crippen LogP contribution in [0.25, 0.3) is 0 Å². The predicted octanol–water partition coefficient (Wildman–Crippen LogP) is 0.845. The Kier molecular flexibility index (Phi) is 3.22. The number of carboxylic acid groups (broad SMARTS) is 1. The third-order valence-corrected chi connectivity index (χ3v) is 2.97. The van der Waals surface area contributed by atoms with Gasteiger partial charge in [-0.05, 0) is 12.0 Å². The van der Waals surface area contributed by atoms with Crippen molar-refractivity contribution in [2.75, 3.05) is 13.1 Å². The Morgan fingerprint density at radius 3 is 2.62 bits per heavy atom. The average Bonchev–Trinajstić information content (AvgIpc) is 2.66. The van der Waals surface area contributed by atoms with Crippen LogP contribution < -0.4 is 5.73 Å². The van der Waals surface area contributed by atoms with E-state index in [1.165, 1.54) is 0 Å². The van der Waals surface area contributed by atoms with E-state index in [1.54, 1.807) is 0 Å². The third kappa shape index (κ3) is 2.23. The molecule has 2 rings (SSSR count). The molecule has 1 heterocycles. The molecule has 0 radical (unpaired) electrons. The Balaban J connectivity index is 2.21. The van der Waals surface area contributed by atoms with E-state index >= 15 is 0 Å². The molecule has 86 valence electrons. The summed E-state index contributed by atoms with van der Waals surface area (Å²) < 4.78 is 0. The van der Waals surface area contributed by atoms with Crippen LogP contribution in [0.1, 0.15) is 18.0 Å². The fraction of sp³-hybridized carbons (Fsp3) is 0.417. The number of nitrogens with zero attached hydrogens (tertiary/aromatic N) is 1. The van der Waals surface area contributed by atoms with Crippen molar-refractivity contribution < 1.29 is 9.90 Å². The molecular formula is C12H16N2O2. The number of carboxylic acids is 1. The molecule has 1 aliphatic rings. The minimum absolute atomic E-state index is 0.102. The number of nitrogens with two attached hydrogens (primary N) is 1. The lowest BCUT2D eigenvalue weighted by Crippen LogP contribution is -2.34. The van der Waals surface area contributed by atoms with Crippen LogP contribution in [0.4, 0.5) is 0 Å². The molecule has 16 heavy (non-hydrogen) atoms. The molecule has 0 bridgehead atoms. The summed E-state index contributed by atoms with van der Waals surface area (Å²) in [5, 5.41) is 9.29. The molecule has 1 fully saturated rings. The van der Waals surface area contributed by atoms with Gasteiger partial charge in [0.2, 0.25) is 0 Å². The van der Waals surface area contributed by atoms with Crippen LogP contribution in [0.3, 0.4) is 0 Å². The number of aliphatic carboxylic acids is 1. The number of carbonyl (C=O) groups is 1. The van der Waals surface area contributed by atoms with Crippen molar-refractivity contribution in [1.82, 2.24) is 4.90 Å². The zero-order valence-corrected chi connectivity index (χ0v) is 9.04. The van der Waals surface area contributed by atoms with Crippen LogP contribution in [0, 0.1) is 0 Å². The van der Waals surface area contributed by atoms with Gasteiger partial charge in [-0.15, -0.1) is 0 Å². The van der Waals surface area contributed by atoms with Crippen molar-refractivity contribution in [3.63, 3.8) is 0 Å². The zero-order valence-electron chi connectivity index (χ0n) is 9.04. The number of hydrogen-bond acceptors (Lipinski definition) is 3. The highest BCUT2D eigenvalue weighted by Gasteiger charge is 2.31. The zero-order chi connectivity index (χ0) is 11.5. The molecule has 4 heteroatoms. The molecule has 0 amide bonds. The fourth-order valence-electron chi connectivity index (χ4n) is 2.19. The minimum Gasteiger partial charge on any atom is -0.480 e. The second-order valence-corrected chi connectivity index (χ2v) is 4.20. The second kappa shape index (κ2) is 4.63. The third-order valence-electron chi connectivity index (χ3n) is 2.97. The number of hydrogen-bond donors (Lipinski definition) is 2. The summed E-state index contributed by atoms with van der Waals surface area (Å²) in [6.45, 7) is 1.42. The summed E-state index contributed by atoms with van der Waals surface area (Å²) in [6.07, 6.45) is 0.872. The van der Waals surface area contributed by atoms with Gasteiger partial charge >= 0.3 is 5.97 Å². The largest absolute Gasteiger partial charge is 0.480 e. The van der Waals surface area contributed by atoms with Gasteiger partial charge in [0.25, 0.3) is 0 Å². The van der Waals surface area contributed by atoms with Gasteiger partial charge in [0.05, 0.1) is 0 Å². The molecule has 0 spiro atoms. The lowest BCUT2D eigenvalue weighted by Gasteiger charge is -2.24.